The minimum absolute atomic E-state index is 0.0262. The van der Waals surface area contributed by atoms with Gasteiger partial charge in [0.1, 0.15) is 16.6 Å². The number of hydrogen-bond acceptors (Lipinski definition) is 6. The van der Waals surface area contributed by atoms with Gasteiger partial charge >= 0.3 is 0 Å². The van der Waals surface area contributed by atoms with Crippen molar-refractivity contribution in [3.8, 4) is 6.07 Å². The number of rotatable bonds is 4. The van der Waals surface area contributed by atoms with E-state index >= 15 is 0 Å². The third-order valence-corrected chi connectivity index (χ3v) is 5.64. The van der Waals surface area contributed by atoms with Gasteiger partial charge < -0.3 is 0 Å². The largest absolute Gasteiger partial charge is 0.286 e. The van der Waals surface area contributed by atoms with E-state index in [0.29, 0.717) is 17.9 Å². The SMILES string of the molecule is Cc1nn(CN(C)[C@H](C)c2nc3ccccc3s2)c(=O)c(C#N)c1C. The van der Waals surface area contributed by atoms with Crippen LogP contribution in [0.25, 0.3) is 10.2 Å². The highest BCUT2D eigenvalue weighted by Gasteiger charge is 2.19. The number of aromatic nitrogens is 3. The summed E-state index contributed by atoms with van der Waals surface area (Å²) in [4.78, 5) is 19.1. The average molecular weight is 353 g/mol. The molecule has 2 heterocycles. The van der Waals surface area contributed by atoms with Crippen LogP contribution in [0.2, 0.25) is 0 Å². The summed E-state index contributed by atoms with van der Waals surface area (Å²) < 4.78 is 2.50. The van der Waals surface area contributed by atoms with Gasteiger partial charge in [0, 0.05) is 0 Å². The smallest absolute Gasteiger partial charge is 0.278 e. The van der Waals surface area contributed by atoms with Gasteiger partial charge in [-0.1, -0.05) is 12.1 Å². The number of para-hydroxylation sites is 1. The Hall–Kier alpha value is -2.56. The van der Waals surface area contributed by atoms with E-state index in [1.807, 2.05) is 43.1 Å². The molecule has 0 amide bonds. The Labute approximate surface area is 150 Å². The van der Waals surface area contributed by atoms with Gasteiger partial charge in [-0.25, -0.2) is 9.67 Å². The first-order valence-electron chi connectivity index (χ1n) is 7.96. The van der Waals surface area contributed by atoms with Gasteiger partial charge in [0.2, 0.25) is 0 Å². The van der Waals surface area contributed by atoms with Crippen molar-refractivity contribution in [1.82, 2.24) is 19.7 Å². The van der Waals surface area contributed by atoms with E-state index in [9.17, 15) is 10.1 Å². The van der Waals surface area contributed by atoms with Crippen LogP contribution in [-0.2, 0) is 6.67 Å². The summed E-state index contributed by atoms with van der Waals surface area (Å²) >= 11 is 1.65. The lowest BCUT2D eigenvalue weighted by Crippen LogP contribution is -2.35. The van der Waals surface area contributed by atoms with Crippen LogP contribution >= 0.6 is 11.3 Å². The third kappa shape index (κ3) is 3.18. The highest BCUT2D eigenvalue weighted by Crippen LogP contribution is 2.28. The lowest BCUT2D eigenvalue weighted by Gasteiger charge is -2.23. The van der Waals surface area contributed by atoms with Gasteiger partial charge in [-0.3, -0.25) is 9.69 Å². The number of nitrogens with zero attached hydrogens (tertiary/aromatic N) is 5. The molecular formula is C18H19N5OS. The summed E-state index contributed by atoms with van der Waals surface area (Å²) in [7, 11) is 1.92. The molecule has 25 heavy (non-hydrogen) atoms. The first-order valence-corrected chi connectivity index (χ1v) is 8.78. The predicted octanol–water partition coefficient (Wildman–Crippen LogP) is 2.99. The first kappa shape index (κ1) is 17.3. The average Bonchev–Trinajstić information content (AvgIpc) is 3.03. The molecule has 0 bridgehead atoms. The van der Waals surface area contributed by atoms with Crippen molar-refractivity contribution in [2.24, 2.45) is 0 Å². The zero-order chi connectivity index (χ0) is 18.1. The summed E-state index contributed by atoms with van der Waals surface area (Å²) in [6.07, 6.45) is 0. The highest BCUT2D eigenvalue weighted by atomic mass is 32.1. The second-order valence-electron chi connectivity index (χ2n) is 6.10. The number of thiazole rings is 1. The van der Waals surface area contributed by atoms with Crippen LogP contribution in [0.15, 0.2) is 29.1 Å². The summed E-state index contributed by atoms with van der Waals surface area (Å²) in [6, 6.07) is 10.0. The van der Waals surface area contributed by atoms with Gasteiger partial charge in [-0.15, -0.1) is 11.3 Å². The molecule has 1 atom stereocenters. The molecule has 6 nitrogen and oxygen atoms in total. The Balaban J connectivity index is 1.89. The second kappa shape index (κ2) is 6.75. The molecular weight excluding hydrogens is 334 g/mol. The molecule has 0 aliphatic carbocycles. The molecule has 0 aliphatic heterocycles. The molecule has 0 fully saturated rings. The van der Waals surface area contributed by atoms with Gasteiger partial charge in [0.25, 0.3) is 5.56 Å². The van der Waals surface area contributed by atoms with Crippen LogP contribution in [0.1, 0.15) is 34.8 Å². The third-order valence-electron chi connectivity index (χ3n) is 4.43. The lowest BCUT2D eigenvalue weighted by molar-refractivity contribution is 0.190. The van der Waals surface area contributed by atoms with E-state index in [4.69, 9.17) is 0 Å². The summed E-state index contributed by atoms with van der Waals surface area (Å²) in [5.74, 6) is 0. The second-order valence-corrected chi connectivity index (χ2v) is 7.16. The van der Waals surface area contributed by atoms with Crippen LogP contribution in [0.4, 0.5) is 0 Å². The number of benzene rings is 1. The van der Waals surface area contributed by atoms with E-state index in [0.717, 1.165) is 15.2 Å². The van der Waals surface area contributed by atoms with Crippen molar-refractivity contribution in [2.75, 3.05) is 7.05 Å². The molecule has 0 N–H and O–H groups in total. The number of hydrogen-bond donors (Lipinski definition) is 0. The maximum atomic E-state index is 12.4. The molecule has 0 unspecified atom stereocenters. The Morgan fingerprint density at radius 2 is 2.08 bits per heavy atom. The van der Waals surface area contributed by atoms with E-state index in [1.54, 1.807) is 18.3 Å². The zero-order valence-corrected chi connectivity index (χ0v) is 15.5. The van der Waals surface area contributed by atoms with E-state index in [-0.39, 0.29) is 17.2 Å². The summed E-state index contributed by atoms with van der Waals surface area (Å²) in [6.45, 7) is 5.91. The molecule has 0 aliphatic rings. The van der Waals surface area contributed by atoms with E-state index in [1.165, 1.54) is 4.68 Å². The number of nitriles is 1. The Morgan fingerprint density at radius 3 is 2.76 bits per heavy atom. The van der Waals surface area contributed by atoms with Crippen LogP contribution in [-0.4, -0.2) is 26.7 Å². The molecule has 3 aromatic rings. The van der Waals surface area contributed by atoms with Gasteiger partial charge in [-0.2, -0.15) is 10.4 Å². The predicted molar refractivity (Wildman–Crippen MR) is 98.5 cm³/mol. The van der Waals surface area contributed by atoms with Crippen molar-refractivity contribution < 1.29 is 0 Å². The van der Waals surface area contributed by atoms with Gasteiger partial charge in [0.05, 0.1) is 28.6 Å². The summed E-state index contributed by atoms with van der Waals surface area (Å²) in [5, 5.41) is 14.6. The van der Waals surface area contributed by atoms with Gasteiger partial charge in [0.15, 0.2) is 0 Å². The van der Waals surface area contributed by atoms with Crippen molar-refractivity contribution in [3.63, 3.8) is 0 Å². The van der Waals surface area contributed by atoms with E-state index in [2.05, 4.69) is 23.1 Å². The molecule has 2 aromatic heterocycles. The minimum atomic E-state index is -0.353. The first-order chi connectivity index (χ1) is 11.9. The lowest BCUT2D eigenvalue weighted by atomic mass is 10.1. The molecule has 0 radical (unpaired) electrons. The van der Waals surface area contributed by atoms with E-state index < -0.39 is 0 Å². The van der Waals surface area contributed by atoms with Crippen LogP contribution < -0.4 is 5.56 Å². The number of fused-ring (bicyclic) bond motifs is 1. The maximum absolute atomic E-state index is 12.4. The topological polar surface area (TPSA) is 74.8 Å². The monoisotopic (exact) mass is 353 g/mol. The van der Waals surface area contributed by atoms with Gasteiger partial charge in [-0.05, 0) is 45.5 Å². The van der Waals surface area contributed by atoms with Crippen LogP contribution in [0.3, 0.4) is 0 Å². The fraction of sp³-hybridized carbons (Fsp3) is 0.333. The standard InChI is InChI=1S/C18H19N5OS/c1-11-12(2)21-23(18(24)14(11)9-19)10-22(4)13(3)17-20-15-7-5-6-8-16(15)25-17/h5-8,13H,10H2,1-4H3/t13-/m1/s1. The van der Waals surface area contributed by atoms with Crippen LogP contribution in [0, 0.1) is 25.2 Å². The van der Waals surface area contributed by atoms with Crippen molar-refractivity contribution in [3.05, 3.63) is 56.4 Å². The van der Waals surface area contributed by atoms with Crippen molar-refractivity contribution in [1.29, 1.82) is 5.26 Å². The maximum Gasteiger partial charge on any atom is 0.286 e. The number of aryl methyl sites for hydroxylation is 1. The zero-order valence-electron chi connectivity index (χ0n) is 14.6. The van der Waals surface area contributed by atoms with Crippen LogP contribution in [0.5, 0.6) is 0 Å². The molecule has 128 valence electrons. The summed E-state index contributed by atoms with van der Waals surface area (Å²) in [5.41, 5.74) is 2.13. The molecule has 3 rings (SSSR count). The highest BCUT2D eigenvalue weighted by molar-refractivity contribution is 7.18. The Bertz CT molecular complexity index is 997. The normalized spacial score (nSPS) is 12.5. The van der Waals surface area contributed by atoms with Crippen molar-refractivity contribution in [2.45, 2.75) is 33.5 Å². The molecule has 7 heteroatoms. The molecule has 0 saturated heterocycles. The van der Waals surface area contributed by atoms with Crippen molar-refractivity contribution >= 4 is 21.6 Å². The fourth-order valence-electron chi connectivity index (χ4n) is 2.59. The molecule has 0 spiro atoms. The molecule has 0 saturated carbocycles. The quantitative estimate of drug-likeness (QED) is 0.721. The Morgan fingerprint density at radius 1 is 1.36 bits per heavy atom. The Kier molecular flexibility index (Phi) is 4.66. The minimum Gasteiger partial charge on any atom is -0.278 e. The molecule has 1 aromatic carbocycles. The fourth-order valence-corrected chi connectivity index (χ4v) is 3.68.